The number of amides is 1. The van der Waals surface area contributed by atoms with Crippen LogP contribution in [-0.2, 0) is 4.79 Å². The number of benzene rings is 1. The van der Waals surface area contributed by atoms with Gasteiger partial charge in [-0.2, -0.15) is 5.10 Å². The van der Waals surface area contributed by atoms with Gasteiger partial charge in [0, 0.05) is 12.1 Å². The molecule has 6 nitrogen and oxygen atoms in total. The molecule has 3 atom stereocenters. The fourth-order valence-electron chi connectivity index (χ4n) is 3.62. The van der Waals surface area contributed by atoms with Gasteiger partial charge in [0.25, 0.3) is 0 Å². The van der Waals surface area contributed by atoms with Gasteiger partial charge in [0.1, 0.15) is 5.82 Å². The predicted molar refractivity (Wildman–Crippen MR) is 96.8 cm³/mol. The second-order valence-corrected chi connectivity index (χ2v) is 7.21. The van der Waals surface area contributed by atoms with Crippen molar-refractivity contribution in [3.05, 3.63) is 47.7 Å². The van der Waals surface area contributed by atoms with Crippen LogP contribution >= 0.6 is 0 Å². The Kier molecular flexibility index (Phi) is 4.31. The van der Waals surface area contributed by atoms with Crippen LogP contribution in [0.4, 0.5) is 5.82 Å². The molecule has 6 heteroatoms. The lowest BCUT2D eigenvalue weighted by Gasteiger charge is -2.20. The molecule has 0 spiro atoms. The van der Waals surface area contributed by atoms with Crippen LogP contribution in [0.5, 0.6) is 0 Å². The average Bonchev–Trinajstić information content (AvgIpc) is 3.26. The van der Waals surface area contributed by atoms with Crippen molar-refractivity contribution in [2.75, 3.05) is 11.9 Å². The Morgan fingerprint density at radius 1 is 1.32 bits per heavy atom. The molecule has 3 unspecified atom stereocenters. The summed E-state index contributed by atoms with van der Waals surface area (Å²) in [6, 6.07) is 10.4. The molecule has 1 amide bonds. The summed E-state index contributed by atoms with van der Waals surface area (Å²) >= 11 is 0. The smallest absolute Gasteiger partial charge is 0.231 e. The molecule has 0 radical (unpaired) electrons. The van der Waals surface area contributed by atoms with E-state index in [4.69, 9.17) is 0 Å². The second-order valence-electron chi connectivity index (χ2n) is 7.21. The first-order valence-corrected chi connectivity index (χ1v) is 9.03. The van der Waals surface area contributed by atoms with Gasteiger partial charge in [0.05, 0.1) is 24.2 Å². The highest BCUT2D eigenvalue weighted by molar-refractivity contribution is 5.93. The Morgan fingerprint density at radius 3 is 2.80 bits per heavy atom. The van der Waals surface area contributed by atoms with Crippen LogP contribution in [-0.4, -0.2) is 22.2 Å². The third-order valence-electron chi connectivity index (χ3n) is 5.39. The van der Waals surface area contributed by atoms with Crippen molar-refractivity contribution in [2.45, 2.75) is 38.8 Å². The first kappa shape index (κ1) is 16.3. The van der Waals surface area contributed by atoms with Gasteiger partial charge in [0.15, 0.2) is 0 Å². The number of hydrogen-bond donors (Lipinski definition) is 3. The van der Waals surface area contributed by atoms with Crippen LogP contribution in [0.1, 0.15) is 43.0 Å². The number of aryl methyl sites for hydroxylation is 1. The van der Waals surface area contributed by atoms with E-state index in [2.05, 4.69) is 40.3 Å². The van der Waals surface area contributed by atoms with Crippen LogP contribution in [0.25, 0.3) is 0 Å². The summed E-state index contributed by atoms with van der Waals surface area (Å²) in [7, 11) is 0. The van der Waals surface area contributed by atoms with E-state index < -0.39 is 0 Å². The van der Waals surface area contributed by atoms with E-state index in [1.54, 1.807) is 0 Å². The zero-order valence-corrected chi connectivity index (χ0v) is 14.7. The van der Waals surface area contributed by atoms with Crippen LogP contribution in [0.3, 0.4) is 0 Å². The minimum atomic E-state index is -0.165. The number of rotatable bonds is 5. The van der Waals surface area contributed by atoms with Gasteiger partial charge in [-0.25, -0.2) is 10.1 Å². The zero-order chi connectivity index (χ0) is 17.4. The lowest BCUT2D eigenvalue weighted by molar-refractivity contribution is -0.119. The van der Waals surface area contributed by atoms with Crippen molar-refractivity contribution in [3.63, 3.8) is 0 Å². The number of hydrazine groups is 1. The fourth-order valence-corrected chi connectivity index (χ4v) is 3.62. The quantitative estimate of drug-likeness (QED) is 0.783. The van der Waals surface area contributed by atoms with E-state index in [1.165, 1.54) is 12.8 Å². The van der Waals surface area contributed by atoms with Gasteiger partial charge in [-0.3, -0.25) is 10.2 Å². The van der Waals surface area contributed by atoms with E-state index in [1.807, 2.05) is 36.0 Å². The van der Waals surface area contributed by atoms with Gasteiger partial charge >= 0.3 is 0 Å². The monoisotopic (exact) mass is 339 g/mol. The molecule has 132 valence electrons. The number of carbonyl (C=O) groups is 1. The van der Waals surface area contributed by atoms with E-state index in [-0.39, 0.29) is 17.9 Å². The Balaban J connectivity index is 1.53. The highest BCUT2D eigenvalue weighted by atomic mass is 16.2. The number of nitrogens with zero attached hydrogens (tertiary/aromatic N) is 2. The molecule has 2 fully saturated rings. The van der Waals surface area contributed by atoms with Gasteiger partial charge in [-0.05, 0) is 38.2 Å². The van der Waals surface area contributed by atoms with Crippen molar-refractivity contribution >= 4 is 11.7 Å². The molecule has 2 aliphatic rings. The highest BCUT2D eigenvalue weighted by Crippen LogP contribution is 2.40. The summed E-state index contributed by atoms with van der Waals surface area (Å²) in [5.74, 6) is 1.38. The summed E-state index contributed by atoms with van der Waals surface area (Å²) < 4.78 is 1.98. The molecular formula is C19H25N5O. The van der Waals surface area contributed by atoms with Gasteiger partial charge in [-0.15, -0.1) is 0 Å². The third-order valence-corrected chi connectivity index (χ3v) is 5.39. The fraction of sp³-hybridized carbons (Fsp3) is 0.474. The lowest BCUT2D eigenvalue weighted by atomic mass is 9.94. The number of nitrogens with one attached hydrogen (secondary N) is 3. The molecule has 2 aromatic rings. The van der Waals surface area contributed by atoms with Crippen molar-refractivity contribution in [1.29, 1.82) is 0 Å². The first-order chi connectivity index (χ1) is 12.1. The molecule has 1 aliphatic heterocycles. The highest BCUT2D eigenvalue weighted by Gasteiger charge is 2.36. The Morgan fingerprint density at radius 2 is 2.08 bits per heavy atom. The Hall–Kier alpha value is -2.18. The number of anilines is 1. The van der Waals surface area contributed by atoms with Crippen molar-refractivity contribution in [3.8, 4) is 0 Å². The molecule has 25 heavy (non-hydrogen) atoms. The maximum Gasteiger partial charge on any atom is 0.231 e. The molecule has 0 bridgehead atoms. The standard InChI is InChI=1S/C19H25N5O/c1-12-10-21-24(13(2)14-8-9-14)18(12)22-19(25)16-11-20-23-17(16)15-6-4-3-5-7-15/h3-7,10,13-14,16-17,20,23H,8-9,11H2,1-2H3,(H,22,25). The van der Waals surface area contributed by atoms with E-state index >= 15 is 0 Å². The van der Waals surface area contributed by atoms with Crippen molar-refractivity contribution in [1.82, 2.24) is 20.6 Å². The van der Waals surface area contributed by atoms with Crippen molar-refractivity contribution < 1.29 is 4.79 Å². The summed E-state index contributed by atoms with van der Waals surface area (Å²) in [6.45, 7) is 4.79. The van der Waals surface area contributed by atoms with Crippen LogP contribution in [0.15, 0.2) is 36.5 Å². The average molecular weight is 339 g/mol. The van der Waals surface area contributed by atoms with E-state index in [9.17, 15) is 4.79 Å². The van der Waals surface area contributed by atoms with Crippen LogP contribution < -0.4 is 16.2 Å². The minimum absolute atomic E-state index is 0.0270. The topological polar surface area (TPSA) is 71.0 Å². The molecule has 1 aromatic heterocycles. The normalized spacial score (nSPS) is 24.2. The van der Waals surface area contributed by atoms with Gasteiger partial charge in [0.2, 0.25) is 5.91 Å². The van der Waals surface area contributed by atoms with E-state index in [0.717, 1.165) is 16.9 Å². The predicted octanol–water partition coefficient (Wildman–Crippen LogP) is 2.57. The third kappa shape index (κ3) is 3.19. The Bertz CT molecular complexity index is 752. The maximum absolute atomic E-state index is 13.0. The molecule has 1 saturated carbocycles. The number of aromatic nitrogens is 2. The largest absolute Gasteiger partial charge is 0.310 e. The summed E-state index contributed by atoms with van der Waals surface area (Å²) in [5, 5.41) is 7.65. The molecular weight excluding hydrogens is 314 g/mol. The molecule has 1 saturated heterocycles. The summed E-state index contributed by atoms with van der Waals surface area (Å²) in [4.78, 5) is 13.0. The second kappa shape index (κ2) is 6.61. The van der Waals surface area contributed by atoms with Crippen molar-refractivity contribution in [2.24, 2.45) is 11.8 Å². The SMILES string of the molecule is Cc1cnn(C(C)C2CC2)c1NC(=O)C1CNNC1c1ccccc1. The molecule has 3 N–H and O–H groups in total. The zero-order valence-electron chi connectivity index (χ0n) is 14.7. The first-order valence-electron chi connectivity index (χ1n) is 9.03. The lowest BCUT2D eigenvalue weighted by Crippen LogP contribution is -2.31. The number of carbonyl (C=O) groups excluding carboxylic acids is 1. The summed E-state index contributed by atoms with van der Waals surface area (Å²) in [5.41, 5.74) is 8.48. The van der Waals surface area contributed by atoms with Gasteiger partial charge < -0.3 is 5.32 Å². The molecule has 1 aromatic carbocycles. The van der Waals surface area contributed by atoms with Crippen LogP contribution in [0.2, 0.25) is 0 Å². The molecule has 4 rings (SSSR count). The maximum atomic E-state index is 13.0. The van der Waals surface area contributed by atoms with E-state index in [0.29, 0.717) is 18.5 Å². The molecule has 2 heterocycles. The number of hydrogen-bond acceptors (Lipinski definition) is 4. The molecule has 1 aliphatic carbocycles. The Labute approximate surface area is 148 Å². The van der Waals surface area contributed by atoms with Gasteiger partial charge in [-0.1, -0.05) is 30.3 Å². The minimum Gasteiger partial charge on any atom is -0.310 e. The van der Waals surface area contributed by atoms with Crippen LogP contribution in [0, 0.1) is 18.8 Å². The summed E-state index contributed by atoms with van der Waals surface area (Å²) in [6.07, 6.45) is 4.34.